The van der Waals surface area contributed by atoms with Gasteiger partial charge in [-0.2, -0.15) is 0 Å². The summed E-state index contributed by atoms with van der Waals surface area (Å²) in [6.45, 7) is 4.18. The van der Waals surface area contributed by atoms with Gasteiger partial charge in [0.05, 0.1) is 10.7 Å². The first-order chi connectivity index (χ1) is 7.50. The molecule has 2 aromatic heterocycles. The highest BCUT2D eigenvalue weighted by atomic mass is 35.5. The van der Waals surface area contributed by atoms with Gasteiger partial charge in [0, 0.05) is 26.2 Å². The lowest BCUT2D eigenvalue weighted by Crippen LogP contribution is -2.10. The Hall–Kier alpha value is -1.29. The summed E-state index contributed by atoms with van der Waals surface area (Å²) in [7, 11) is 3.94. The molecule has 0 saturated heterocycles. The third-order valence-corrected chi connectivity index (χ3v) is 2.68. The molecule has 0 aliphatic carbocycles. The molecule has 0 aliphatic heterocycles. The van der Waals surface area contributed by atoms with Crippen molar-refractivity contribution in [3.05, 3.63) is 23.1 Å². The molecular weight excluding hydrogens is 224 g/mol. The Balaban J connectivity index is 2.75. The minimum absolute atomic E-state index is 0.323. The summed E-state index contributed by atoms with van der Waals surface area (Å²) < 4.78 is 1.96. The van der Waals surface area contributed by atoms with Crippen molar-refractivity contribution in [3.8, 4) is 0 Å². The first kappa shape index (κ1) is 11.2. The molecule has 0 N–H and O–H groups in total. The Labute approximate surface area is 99.8 Å². The number of hydrogen-bond acceptors (Lipinski definition) is 3. The van der Waals surface area contributed by atoms with Gasteiger partial charge >= 0.3 is 0 Å². The van der Waals surface area contributed by atoms with Crippen molar-refractivity contribution in [3.63, 3.8) is 0 Å². The van der Waals surface area contributed by atoms with Gasteiger partial charge in [-0.3, -0.25) is 4.40 Å². The lowest BCUT2D eigenvalue weighted by Gasteiger charge is -2.14. The molecule has 0 aliphatic rings. The third kappa shape index (κ3) is 1.73. The molecule has 16 heavy (non-hydrogen) atoms. The molecule has 0 atom stereocenters. The van der Waals surface area contributed by atoms with Gasteiger partial charge in [-0.15, -0.1) is 10.2 Å². The molecule has 2 aromatic rings. The van der Waals surface area contributed by atoms with Gasteiger partial charge in [0.1, 0.15) is 5.82 Å². The Bertz CT molecular complexity index is 516. The van der Waals surface area contributed by atoms with Gasteiger partial charge in [-0.1, -0.05) is 25.4 Å². The van der Waals surface area contributed by atoms with Crippen LogP contribution in [0.4, 0.5) is 5.69 Å². The summed E-state index contributed by atoms with van der Waals surface area (Å²) in [5, 5.41) is 9.11. The van der Waals surface area contributed by atoms with Crippen molar-refractivity contribution in [1.29, 1.82) is 0 Å². The Kier molecular flexibility index (Phi) is 2.76. The van der Waals surface area contributed by atoms with Gasteiger partial charge in [0.15, 0.2) is 5.65 Å². The molecule has 0 radical (unpaired) electrons. The zero-order chi connectivity index (χ0) is 11.9. The maximum absolute atomic E-state index is 6.10. The van der Waals surface area contributed by atoms with Crippen molar-refractivity contribution in [2.45, 2.75) is 19.8 Å². The van der Waals surface area contributed by atoms with E-state index in [-0.39, 0.29) is 0 Å². The number of anilines is 1. The summed E-state index contributed by atoms with van der Waals surface area (Å²) in [6.07, 6.45) is 1.86. The summed E-state index contributed by atoms with van der Waals surface area (Å²) in [4.78, 5) is 1.99. The van der Waals surface area contributed by atoms with E-state index in [1.165, 1.54) is 0 Å². The Morgan fingerprint density at radius 3 is 2.56 bits per heavy atom. The standard InChI is InChI=1S/C11H15ClN4/c1-7(2)10-13-14-11-9(15(3)4)5-8(12)6-16(10)11/h5-7H,1-4H3. The van der Waals surface area contributed by atoms with Crippen LogP contribution in [0.1, 0.15) is 25.6 Å². The first-order valence-electron chi connectivity index (χ1n) is 5.22. The van der Waals surface area contributed by atoms with Gasteiger partial charge in [0.2, 0.25) is 0 Å². The normalized spacial score (nSPS) is 11.4. The molecule has 0 amide bonds. The Morgan fingerprint density at radius 2 is 2.00 bits per heavy atom. The van der Waals surface area contributed by atoms with E-state index in [4.69, 9.17) is 11.6 Å². The fraction of sp³-hybridized carbons (Fsp3) is 0.455. The van der Waals surface area contributed by atoms with Gasteiger partial charge in [0.25, 0.3) is 0 Å². The van der Waals surface area contributed by atoms with Crippen LogP contribution in [0.2, 0.25) is 5.02 Å². The molecule has 0 unspecified atom stereocenters. The van der Waals surface area contributed by atoms with Gasteiger partial charge in [-0.25, -0.2) is 0 Å². The van der Waals surface area contributed by atoms with E-state index < -0.39 is 0 Å². The SMILES string of the molecule is CC(C)c1nnc2c(N(C)C)cc(Cl)cn12. The zero-order valence-corrected chi connectivity index (χ0v) is 10.7. The second-order valence-corrected chi connectivity index (χ2v) is 4.78. The zero-order valence-electron chi connectivity index (χ0n) is 9.90. The van der Waals surface area contributed by atoms with Crippen molar-refractivity contribution < 1.29 is 0 Å². The van der Waals surface area contributed by atoms with E-state index in [2.05, 4.69) is 24.0 Å². The minimum Gasteiger partial charge on any atom is -0.375 e. The highest BCUT2D eigenvalue weighted by molar-refractivity contribution is 6.30. The van der Waals surface area contributed by atoms with E-state index in [0.717, 1.165) is 17.2 Å². The molecule has 0 saturated carbocycles. The molecule has 4 nitrogen and oxygen atoms in total. The topological polar surface area (TPSA) is 33.4 Å². The second kappa shape index (κ2) is 3.94. The fourth-order valence-electron chi connectivity index (χ4n) is 1.68. The van der Waals surface area contributed by atoms with Crippen LogP contribution < -0.4 is 4.90 Å². The Morgan fingerprint density at radius 1 is 1.31 bits per heavy atom. The minimum atomic E-state index is 0.323. The van der Waals surface area contributed by atoms with E-state index in [1.54, 1.807) is 0 Å². The highest BCUT2D eigenvalue weighted by Crippen LogP contribution is 2.25. The molecule has 0 bridgehead atoms. The number of fused-ring (bicyclic) bond motifs is 1. The van der Waals surface area contributed by atoms with Crippen LogP contribution in [-0.4, -0.2) is 28.7 Å². The summed E-state index contributed by atoms with van der Waals surface area (Å²) >= 11 is 6.10. The van der Waals surface area contributed by atoms with Crippen LogP contribution in [0.15, 0.2) is 12.3 Å². The highest BCUT2D eigenvalue weighted by Gasteiger charge is 2.14. The molecule has 2 heterocycles. The average molecular weight is 239 g/mol. The van der Waals surface area contributed by atoms with Crippen molar-refractivity contribution in [1.82, 2.24) is 14.6 Å². The van der Waals surface area contributed by atoms with Gasteiger partial charge < -0.3 is 4.90 Å². The van der Waals surface area contributed by atoms with E-state index >= 15 is 0 Å². The molecule has 0 aromatic carbocycles. The van der Waals surface area contributed by atoms with Crippen LogP contribution in [0, 0.1) is 0 Å². The average Bonchev–Trinajstić information content (AvgIpc) is 2.59. The number of nitrogens with zero attached hydrogens (tertiary/aromatic N) is 4. The van der Waals surface area contributed by atoms with Crippen LogP contribution in [0.5, 0.6) is 0 Å². The fourth-order valence-corrected chi connectivity index (χ4v) is 1.88. The lowest BCUT2D eigenvalue weighted by molar-refractivity contribution is 0.759. The third-order valence-electron chi connectivity index (χ3n) is 2.48. The smallest absolute Gasteiger partial charge is 0.184 e. The predicted octanol–water partition coefficient (Wildman–Crippen LogP) is 2.57. The predicted molar refractivity (Wildman–Crippen MR) is 66.4 cm³/mol. The number of halogens is 1. The molecule has 0 fully saturated rings. The van der Waals surface area contributed by atoms with Crippen molar-refractivity contribution in [2.75, 3.05) is 19.0 Å². The van der Waals surface area contributed by atoms with Crippen LogP contribution in [-0.2, 0) is 0 Å². The number of pyridine rings is 1. The van der Waals surface area contributed by atoms with Crippen molar-refractivity contribution >= 4 is 22.9 Å². The molecule has 86 valence electrons. The summed E-state index contributed by atoms with van der Waals surface area (Å²) in [5.74, 6) is 1.25. The number of aromatic nitrogens is 3. The molecular formula is C11H15ClN4. The summed E-state index contributed by atoms with van der Waals surface area (Å²) in [6, 6.07) is 1.90. The maximum Gasteiger partial charge on any atom is 0.184 e. The number of rotatable bonds is 2. The summed E-state index contributed by atoms with van der Waals surface area (Å²) in [5.41, 5.74) is 1.82. The van der Waals surface area contributed by atoms with E-state index in [0.29, 0.717) is 10.9 Å². The quantitative estimate of drug-likeness (QED) is 0.806. The van der Waals surface area contributed by atoms with E-state index in [9.17, 15) is 0 Å². The molecule has 5 heteroatoms. The van der Waals surface area contributed by atoms with Crippen LogP contribution in [0.3, 0.4) is 0 Å². The maximum atomic E-state index is 6.10. The molecule has 0 spiro atoms. The van der Waals surface area contributed by atoms with E-state index in [1.807, 2.05) is 35.7 Å². The largest absolute Gasteiger partial charge is 0.375 e. The second-order valence-electron chi connectivity index (χ2n) is 4.34. The number of hydrogen-bond donors (Lipinski definition) is 0. The van der Waals surface area contributed by atoms with Crippen LogP contribution >= 0.6 is 11.6 Å². The molecule has 2 rings (SSSR count). The lowest BCUT2D eigenvalue weighted by atomic mass is 10.2. The first-order valence-corrected chi connectivity index (χ1v) is 5.60. The van der Waals surface area contributed by atoms with Gasteiger partial charge in [-0.05, 0) is 6.07 Å². The van der Waals surface area contributed by atoms with Crippen molar-refractivity contribution in [2.24, 2.45) is 0 Å². The monoisotopic (exact) mass is 238 g/mol. The van der Waals surface area contributed by atoms with Crippen LogP contribution in [0.25, 0.3) is 5.65 Å².